The number of urea groups is 1. The maximum Gasteiger partial charge on any atom is 0.324 e. The average molecular weight is 378 g/mol. The van der Waals surface area contributed by atoms with E-state index in [0.717, 1.165) is 11.3 Å². The van der Waals surface area contributed by atoms with Gasteiger partial charge in [-0.1, -0.05) is 0 Å². The Kier molecular flexibility index (Phi) is 4.55. The Morgan fingerprint density at radius 1 is 1.07 bits per heavy atom. The number of aromatic amines is 1. The molecule has 2 heterocycles. The third-order valence-corrected chi connectivity index (χ3v) is 3.99. The summed E-state index contributed by atoms with van der Waals surface area (Å²) in [6.45, 7) is 0. The second-order valence-corrected chi connectivity index (χ2v) is 5.84. The third kappa shape index (κ3) is 3.58. The molecule has 9 heteroatoms. The van der Waals surface area contributed by atoms with Crippen molar-refractivity contribution in [2.45, 2.75) is 0 Å². The highest BCUT2D eigenvalue weighted by Gasteiger charge is 2.13. The average Bonchev–Trinajstić information content (AvgIpc) is 3.11. The number of rotatable bonds is 4. The fourth-order valence-corrected chi connectivity index (χ4v) is 2.59. The molecular weight excluding hydrogens is 363 g/mol. The Bertz CT molecular complexity index is 1130. The lowest BCUT2D eigenvalue weighted by molar-refractivity contribution is 0.262. The number of ether oxygens (including phenoxy) is 1. The number of amides is 2. The molecule has 0 bridgehead atoms. The monoisotopic (exact) mass is 378 g/mol. The minimum absolute atomic E-state index is 0.303. The lowest BCUT2D eigenvalue weighted by Crippen LogP contribution is -2.19. The summed E-state index contributed by atoms with van der Waals surface area (Å²) in [5, 5.41) is 12.0. The normalized spacial score (nSPS) is 10.6. The number of carbonyl (C=O) groups excluding carboxylic acids is 1. The van der Waals surface area contributed by atoms with Crippen molar-refractivity contribution in [1.82, 2.24) is 20.2 Å². The molecule has 3 N–H and O–H groups in total. The Morgan fingerprint density at radius 2 is 1.82 bits per heavy atom. The first-order valence-electron chi connectivity index (χ1n) is 8.31. The fourth-order valence-electron chi connectivity index (χ4n) is 2.59. The first-order chi connectivity index (χ1) is 13.6. The summed E-state index contributed by atoms with van der Waals surface area (Å²) in [5.74, 6) is 0.658. The highest BCUT2D eigenvalue weighted by Crippen LogP contribution is 2.24. The summed E-state index contributed by atoms with van der Waals surface area (Å²) < 4.78 is 18.1. The molecule has 0 saturated heterocycles. The Morgan fingerprint density at radius 3 is 2.54 bits per heavy atom. The predicted molar refractivity (Wildman–Crippen MR) is 103 cm³/mol. The molecule has 0 unspecified atom stereocenters. The van der Waals surface area contributed by atoms with Crippen molar-refractivity contribution in [3.8, 4) is 17.0 Å². The number of carbonyl (C=O) groups is 1. The predicted octanol–water partition coefficient (Wildman–Crippen LogP) is 3.81. The number of fused-ring (bicyclic) bond motifs is 1. The molecule has 4 rings (SSSR count). The SMILES string of the molecule is COc1ccc(-c2cnc3n[nH]c(NC(=O)Nc4ccc(F)cc4)c3n2)cc1. The maximum atomic E-state index is 13.0. The number of H-pyrrole nitrogens is 1. The van der Waals surface area contributed by atoms with Gasteiger partial charge in [-0.15, -0.1) is 0 Å². The van der Waals surface area contributed by atoms with E-state index in [1.807, 2.05) is 24.3 Å². The molecule has 0 atom stereocenters. The molecule has 0 aliphatic rings. The van der Waals surface area contributed by atoms with Gasteiger partial charge in [-0.2, -0.15) is 5.10 Å². The van der Waals surface area contributed by atoms with Crippen molar-refractivity contribution in [2.24, 2.45) is 0 Å². The molecule has 140 valence electrons. The number of methoxy groups -OCH3 is 1. The Hall–Kier alpha value is -4.01. The number of halogens is 1. The van der Waals surface area contributed by atoms with E-state index in [2.05, 4.69) is 30.8 Å². The van der Waals surface area contributed by atoms with Gasteiger partial charge in [0.1, 0.15) is 11.6 Å². The van der Waals surface area contributed by atoms with Gasteiger partial charge in [-0.05, 0) is 48.5 Å². The number of aromatic nitrogens is 4. The summed E-state index contributed by atoms with van der Waals surface area (Å²) in [6, 6.07) is 12.3. The quantitative estimate of drug-likeness (QED) is 0.501. The van der Waals surface area contributed by atoms with Crippen LogP contribution in [0.3, 0.4) is 0 Å². The molecule has 2 aromatic carbocycles. The maximum absolute atomic E-state index is 13.0. The van der Waals surface area contributed by atoms with E-state index in [1.165, 1.54) is 24.3 Å². The highest BCUT2D eigenvalue weighted by atomic mass is 19.1. The van der Waals surface area contributed by atoms with Crippen LogP contribution in [0.15, 0.2) is 54.7 Å². The molecule has 0 radical (unpaired) electrons. The zero-order chi connectivity index (χ0) is 19.5. The van der Waals surface area contributed by atoms with Crippen LogP contribution in [0.2, 0.25) is 0 Å². The zero-order valence-electron chi connectivity index (χ0n) is 14.7. The number of hydrogen-bond acceptors (Lipinski definition) is 5. The highest BCUT2D eigenvalue weighted by molar-refractivity contribution is 6.03. The third-order valence-electron chi connectivity index (χ3n) is 3.99. The van der Waals surface area contributed by atoms with Crippen LogP contribution in [0, 0.1) is 5.82 Å². The summed E-state index contributed by atoms with van der Waals surface area (Å²) in [5.41, 5.74) is 2.71. The number of nitrogens with zero attached hydrogens (tertiary/aromatic N) is 3. The Balaban J connectivity index is 1.57. The summed E-state index contributed by atoms with van der Waals surface area (Å²) in [6.07, 6.45) is 1.60. The van der Waals surface area contributed by atoms with Crippen LogP contribution in [0.4, 0.5) is 20.7 Å². The van der Waals surface area contributed by atoms with E-state index in [4.69, 9.17) is 4.74 Å². The number of benzene rings is 2. The molecule has 0 aliphatic heterocycles. The molecule has 0 spiro atoms. The molecule has 4 aromatic rings. The second-order valence-electron chi connectivity index (χ2n) is 5.84. The topological polar surface area (TPSA) is 105 Å². The largest absolute Gasteiger partial charge is 0.497 e. The molecule has 0 fully saturated rings. The van der Waals surface area contributed by atoms with Crippen molar-refractivity contribution < 1.29 is 13.9 Å². The van der Waals surface area contributed by atoms with E-state index in [9.17, 15) is 9.18 Å². The van der Waals surface area contributed by atoms with Gasteiger partial charge < -0.3 is 10.1 Å². The van der Waals surface area contributed by atoms with Gasteiger partial charge >= 0.3 is 6.03 Å². The smallest absolute Gasteiger partial charge is 0.324 e. The van der Waals surface area contributed by atoms with Crippen LogP contribution in [-0.2, 0) is 0 Å². The molecule has 2 aromatic heterocycles. The summed E-state index contributed by atoms with van der Waals surface area (Å²) in [7, 11) is 1.60. The van der Waals surface area contributed by atoms with Crippen LogP contribution in [-0.4, -0.2) is 33.3 Å². The van der Waals surface area contributed by atoms with Crippen LogP contribution in [0.25, 0.3) is 22.4 Å². The van der Waals surface area contributed by atoms with E-state index >= 15 is 0 Å². The van der Waals surface area contributed by atoms with Crippen molar-refractivity contribution in [3.05, 3.63) is 60.5 Å². The van der Waals surface area contributed by atoms with Crippen molar-refractivity contribution in [1.29, 1.82) is 0 Å². The van der Waals surface area contributed by atoms with E-state index in [-0.39, 0.29) is 5.82 Å². The zero-order valence-corrected chi connectivity index (χ0v) is 14.7. The van der Waals surface area contributed by atoms with Gasteiger partial charge in [0.15, 0.2) is 11.3 Å². The van der Waals surface area contributed by atoms with Gasteiger partial charge in [0.05, 0.1) is 19.0 Å². The van der Waals surface area contributed by atoms with Gasteiger partial charge in [0, 0.05) is 11.3 Å². The van der Waals surface area contributed by atoms with Crippen LogP contribution < -0.4 is 15.4 Å². The van der Waals surface area contributed by atoms with Crippen LogP contribution in [0.5, 0.6) is 5.75 Å². The fraction of sp³-hybridized carbons (Fsp3) is 0.0526. The molecule has 0 saturated carbocycles. The van der Waals surface area contributed by atoms with Gasteiger partial charge in [-0.25, -0.2) is 19.2 Å². The molecular formula is C19H15FN6O2. The van der Waals surface area contributed by atoms with Gasteiger partial charge in [0.2, 0.25) is 5.65 Å². The standard InChI is InChI=1S/C19H15FN6O2/c1-28-14-8-2-11(3-9-14)15-10-21-17-16(23-15)18(26-25-17)24-19(27)22-13-6-4-12(20)5-7-13/h2-10H,1H3,(H3,21,22,24,25,26,27). The number of anilines is 2. The van der Waals surface area contributed by atoms with Gasteiger partial charge in [0.25, 0.3) is 0 Å². The minimum atomic E-state index is -0.520. The number of nitrogens with one attached hydrogen (secondary N) is 3. The van der Waals surface area contributed by atoms with Crippen molar-refractivity contribution in [2.75, 3.05) is 17.7 Å². The number of hydrogen-bond donors (Lipinski definition) is 3. The van der Waals surface area contributed by atoms with E-state index < -0.39 is 6.03 Å². The van der Waals surface area contributed by atoms with Crippen LogP contribution >= 0.6 is 0 Å². The second kappa shape index (κ2) is 7.31. The first-order valence-corrected chi connectivity index (χ1v) is 8.31. The van der Waals surface area contributed by atoms with E-state index in [1.54, 1.807) is 13.3 Å². The molecule has 28 heavy (non-hydrogen) atoms. The van der Waals surface area contributed by atoms with Crippen LogP contribution in [0.1, 0.15) is 0 Å². The lowest BCUT2D eigenvalue weighted by atomic mass is 10.1. The van der Waals surface area contributed by atoms with Gasteiger partial charge in [-0.3, -0.25) is 10.4 Å². The van der Waals surface area contributed by atoms with E-state index in [0.29, 0.717) is 28.4 Å². The molecule has 0 aliphatic carbocycles. The summed E-state index contributed by atoms with van der Waals surface area (Å²) in [4.78, 5) is 21.0. The first kappa shape index (κ1) is 17.4. The lowest BCUT2D eigenvalue weighted by Gasteiger charge is -2.06. The van der Waals surface area contributed by atoms with Crippen molar-refractivity contribution >= 4 is 28.7 Å². The molecule has 2 amide bonds. The minimum Gasteiger partial charge on any atom is -0.497 e. The van der Waals surface area contributed by atoms with Crippen molar-refractivity contribution in [3.63, 3.8) is 0 Å². The summed E-state index contributed by atoms with van der Waals surface area (Å²) >= 11 is 0. The molecule has 8 nitrogen and oxygen atoms in total. The Labute approximate surface area is 158 Å².